The topological polar surface area (TPSA) is 107 Å². The van der Waals surface area contributed by atoms with Gasteiger partial charge in [-0.05, 0) is 32.0 Å². The summed E-state index contributed by atoms with van der Waals surface area (Å²) in [5, 5.41) is 13.7. The SMILES string of the molecule is CCNC(=O)c1cccc(Oc2cc(C)nc(-c3cccc([N+](=O)[O-])c3)n2)c1. The van der Waals surface area contributed by atoms with E-state index in [1.807, 2.05) is 6.92 Å². The average Bonchev–Trinajstić information content (AvgIpc) is 2.68. The minimum atomic E-state index is -0.469. The van der Waals surface area contributed by atoms with Gasteiger partial charge >= 0.3 is 0 Å². The molecule has 0 aliphatic carbocycles. The highest BCUT2D eigenvalue weighted by Gasteiger charge is 2.12. The van der Waals surface area contributed by atoms with Crippen LogP contribution in [0.3, 0.4) is 0 Å². The highest BCUT2D eigenvalue weighted by Crippen LogP contribution is 2.26. The van der Waals surface area contributed by atoms with E-state index in [9.17, 15) is 14.9 Å². The zero-order valence-corrected chi connectivity index (χ0v) is 15.4. The van der Waals surface area contributed by atoms with E-state index < -0.39 is 4.92 Å². The maximum atomic E-state index is 12.0. The highest BCUT2D eigenvalue weighted by atomic mass is 16.6. The lowest BCUT2D eigenvalue weighted by atomic mass is 10.2. The van der Waals surface area contributed by atoms with Crippen molar-refractivity contribution in [1.29, 1.82) is 0 Å². The lowest BCUT2D eigenvalue weighted by Crippen LogP contribution is -2.22. The third-order valence-corrected chi connectivity index (χ3v) is 3.80. The molecule has 1 amide bonds. The molecule has 1 aromatic heterocycles. The Kier molecular flexibility index (Phi) is 5.59. The molecule has 0 aliphatic rings. The van der Waals surface area contributed by atoms with E-state index in [-0.39, 0.29) is 17.5 Å². The van der Waals surface area contributed by atoms with Gasteiger partial charge in [-0.15, -0.1) is 0 Å². The van der Waals surface area contributed by atoms with Crippen molar-refractivity contribution in [3.63, 3.8) is 0 Å². The Morgan fingerprint density at radius 3 is 2.68 bits per heavy atom. The van der Waals surface area contributed by atoms with Crippen molar-refractivity contribution in [2.45, 2.75) is 13.8 Å². The third kappa shape index (κ3) is 4.47. The van der Waals surface area contributed by atoms with Gasteiger partial charge in [0.15, 0.2) is 5.82 Å². The number of carbonyl (C=O) groups excluding carboxylic acids is 1. The van der Waals surface area contributed by atoms with Crippen LogP contribution < -0.4 is 10.1 Å². The lowest BCUT2D eigenvalue weighted by Gasteiger charge is -2.09. The molecule has 0 aliphatic heterocycles. The van der Waals surface area contributed by atoms with Crippen molar-refractivity contribution >= 4 is 11.6 Å². The predicted molar refractivity (Wildman–Crippen MR) is 103 cm³/mol. The van der Waals surface area contributed by atoms with Crippen molar-refractivity contribution < 1.29 is 14.5 Å². The van der Waals surface area contributed by atoms with E-state index in [2.05, 4.69) is 15.3 Å². The van der Waals surface area contributed by atoms with Gasteiger partial charge in [0.1, 0.15) is 5.75 Å². The van der Waals surface area contributed by atoms with Crippen LogP contribution in [-0.2, 0) is 0 Å². The smallest absolute Gasteiger partial charge is 0.270 e. The summed E-state index contributed by atoms with van der Waals surface area (Å²) in [6.07, 6.45) is 0. The summed E-state index contributed by atoms with van der Waals surface area (Å²) in [4.78, 5) is 31.2. The normalized spacial score (nSPS) is 10.4. The fourth-order valence-electron chi connectivity index (χ4n) is 2.56. The number of aryl methyl sites for hydroxylation is 1. The first-order valence-corrected chi connectivity index (χ1v) is 8.63. The number of benzene rings is 2. The summed E-state index contributed by atoms with van der Waals surface area (Å²) >= 11 is 0. The Morgan fingerprint density at radius 1 is 1.14 bits per heavy atom. The number of nitro groups is 1. The number of amides is 1. The molecule has 0 spiro atoms. The van der Waals surface area contributed by atoms with Crippen LogP contribution in [0.25, 0.3) is 11.4 Å². The molecule has 3 aromatic rings. The molecule has 0 bridgehead atoms. The van der Waals surface area contributed by atoms with Crippen LogP contribution in [0.15, 0.2) is 54.6 Å². The van der Waals surface area contributed by atoms with Crippen LogP contribution in [0.2, 0.25) is 0 Å². The summed E-state index contributed by atoms with van der Waals surface area (Å²) < 4.78 is 5.80. The van der Waals surface area contributed by atoms with E-state index in [0.29, 0.717) is 34.9 Å². The second-order valence-corrected chi connectivity index (χ2v) is 5.97. The molecule has 0 fully saturated rings. The second kappa shape index (κ2) is 8.26. The van der Waals surface area contributed by atoms with Gasteiger partial charge in [-0.2, -0.15) is 4.98 Å². The van der Waals surface area contributed by atoms with Crippen LogP contribution >= 0.6 is 0 Å². The fourth-order valence-corrected chi connectivity index (χ4v) is 2.56. The molecule has 1 heterocycles. The summed E-state index contributed by atoms with van der Waals surface area (Å²) in [6, 6.07) is 14.5. The predicted octanol–water partition coefficient (Wildman–Crippen LogP) is 3.90. The van der Waals surface area contributed by atoms with E-state index in [1.165, 1.54) is 12.1 Å². The Morgan fingerprint density at radius 2 is 1.93 bits per heavy atom. The van der Waals surface area contributed by atoms with Gasteiger partial charge in [0.05, 0.1) is 4.92 Å². The van der Waals surface area contributed by atoms with Gasteiger partial charge in [0, 0.05) is 41.6 Å². The van der Waals surface area contributed by atoms with E-state index in [4.69, 9.17) is 4.74 Å². The molecule has 0 radical (unpaired) electrons. The number of nitrogens with one attached hydrogen (secondary N) is 1. The number of aromatic nitrogens is 2. The van der Waals surface area contributed by atoms with Crippen molar-refractivity contribution in [3.8, 4) is 23.0 Å². The van der Waals surface area contributed by atoms with Gasteiger partial charge in [-0.25, -0.2) is 4.98 Å². The molecule has 8 heteroatoms. The molecule has 3 rings (SSSR count). The Hall–Kier alpha value is -3.81. The van der Waals surface area contributed by atoms with Crippen LogP contribution in [0.4, 0.5) is 5.69 Å². The van der Waals surface area contributed by atoms with E-state index >= 15 is 0 Å². The zero-order valence-electron chi connectivity index (χ0n) is 15.4. The summed E-state index contributed by atoms with van der Waals surface area (Å²) in [6.45, 7) is 4.15. The Bertz CT molecular complexity index is 1040. The molecule has 0 saturated carbocycles. The number of non-ortho nitro benzene ring substituents is 1. The number of hydrogen-bond donors (Lipinski definition) is 1. The molecule has 2 aromatic carbocycles. The number of hydrogen-bond acceptors (Lipinski definition) is 6. The van der Waals surface area contributed by atoms with Gasteiger partial charge in [0.2, 0.25) is 5.88 Å². The number of nitrogens with zero attached hydrogens (tertiary/aromatic N) is 3. The van der Waals surface area contributed by atoms with Gasteiger partial charge < -0.3 is 10.1 Å². The molecule has 8 nitrogen and oxygen atoms in total. The van der Waals surface area contributed by atoms with Crippen molar-refractivity contribution in [2.75, 3.05) is 6.54 Å². The van der Waals surface area contributed by atoms with E-state index in [1.54, 1.807) is 49.4 Å². The number of ether oxygens (including phenoxy) is 1. The molecule has 0 saturated heterocycles. The first-order valence-electron chi connectivity index (χ1n) is 8.63. The average molecular weight is 378 g/mol. The Labute approximate surface area is 161 Å². The first kappa shape index (κ1) is 19.0. The van der Waals surface area contributed by atoms with Crippen molar-refractivity contribution in [3.05, 3.63) is 76.0 Å². The third-order valence-electron chi connectivity index (χ3n) is 3.80. The van der Waals surface area contributed by atoms with Crippen molar-refractivity contribution in [1.82, 2.24) is 15.3 Å². The number of carbonyl (C=O) groups is 1. The molecule has 28 heavy (non-hydrogen) atoms. The molecule has 0 atom stereocenters. The van der Waals surface area contributed by atoms with Gasteiger partial charge in [-0.3, -0.25) is 14.9 Å². The van der Waals surface area contributed by atoms with Gasteiger partial charge in [0.25, 0.3) is 11.6 Å². The lowest BCUT2D eigenvalue weighted by molar-refractivity contribution is -0.384. The quantitative estimate of drug-likeness (QED) is 0.515. The molecular weight excluding hydrogens is 360 g/mol. The molecule has 0 unspecified atom stereocenters. The molecular formula is C20H18N4O4. The van der Waals surface area contributed by atoms with Crippen molar-refractivity contribution in [2.24, 2.45) is 0 Å². The summed E-state index contributed by atoms with van der Waals surface area (Å²) in [7, 11) is 0. The Balaban J connectivity index is 1.90. The standard InChI is InChI=1S/C20H18N4O4/c1-3-21-20(25)15-7-5-9-17(12-15)28-18-10-13(2)22-19(23-18)14-6-4-8-16(11-14)24(26)27/h4-12H,3H2,1-2H3,(H,21,25). The zero-order chi connectivity index (χ0) is 20.1. The minimum Gasteiger partial charge on any atom is -0.439 e. The number of rotatable bonds is 6. The van der Waals surface area contributed by atoms with Crippen LogP contribution in [0.1, 0.15) is 23.0 Å². The maximum Gasteiger partial charge on any atom is 0.270 e. The maximum absolute atomic E-state index is 12.0. The summed E-state index contributed by atoms with van der Waals surface area (Å²) in [5.74, 6) is 0.858. The van der Waals surface area contributed by atoms with Crippen LogP contribution in [-0.4, -0.2) is 27.3 Å². The molecule has 1 N–H and O–H groups in total. The van der Waals surface area contributed by atoms with Crippen LogP contribution in [0, 0.1) is 17.0 Å². The first-order chi connectivity index (χ1) is 13.5. The monoisotopic (exact) mass is 378 g/mol. The molecule has 142 valence electrons. The second-order valence-electron chi connectivity index (χ2n) is 5.97. The highest BCUT2D eigenvalue weighted by molar-refractivity contribution is 5.94. The largest absolute Gasteiger partial charge is 0.439 e. The van der Waals surface area contributed by atoms with Crippen LogP contribution in [0.5, 0.6) is 11.6 Å². The fraction of sp³-hybridized carbons (Fsp3) is 0.150. The minimum absolute atomic E-state index is 0.0419. The number of nitro benzene ring substituents is 1. The van der Waals surface area contributed by atoms with Gasteiger partial charge in [-0.1, -0.05) is 18.2 Å². The summed E-state index contributed by atoms with van der Waals surface area (Å²) in [5.41, 5.74) is 1.59. The van der Waals surface area contributed by atoms with E-state index in [0.717, 1.165) is 0 Å².